The van der Waals surface area contributed by atoms with E-state index in [9.17, 15) is 4.39 Å². The highest BCUT2D eigenvalue weighted by Crippen LogP contribution is 2.31. The van der Waals surface area contributed by atoms with Crippen molar-refractivity contribution in [3.05, 3.63) is 42.2 Å². The third-order valence-electron chi connectivity index (χ3n) is 2.82. The lowest BCUT2D eigenvalue weighted by Gasteiger charge is -2.15. The summed E-state index contributed by atoms with van der Waals surface area (Å²) in [4.78, 5) is 0. The molecule has 21 heavy (non-hydrogen) atoms. The van der Waals surface area contributed by atoms with Gasteiger partial charge in [-0.25, -0.2) is 4.39 Å². The number of rotatable bonds is 5. The van der Waals surface area contributed by atoms with Crippen LogP contribution >= 0.6 is 0 Å². The summed E-state index contributed by atoms with van der Waals surface area (Å²) in [6, 6.07) is 10.2. The van der Waals surface area contributed by atoms with Crippen molar-refractivity contribution in [3.8, 4) is 11.5 Å². The summed E-state index contributed by atoms with van der Waals surface area (Å²) in [5.74, 6) is 0.418. The average molecular weight is 290 g/mol. The zero-order valence-electron chi connectivity index (χ0n) is 12.3. The van der Waals surface area contributed by atoms with Crippen LogP contribution < -0.4 is 20.5 Å². The lowest BCUT2D eigenvalue weighted by molar-refractivity contribution is 0.231. The van der Waals surface area contributed by atoms with Gasteiger partial charge in [0.25, 0.3) is 0 Å². The Bertz CT molecular complexity index is 630. The molecule has 112 valence electrons. The van der Waals surface area contributed by atoms with Crippen molar-refractivity contribution < 1.29 is 13.9 Å². The van der Waals surface area contributed by atoms with E-state index >= 15 is 0 Å². The lowest BCUT2D eigenvalue weighted by Crippen LogP contribution is -2.08. The first kappa shape index (κ1) is 15.0. The van der Waals surface area contributed by atoms with Gasteiger partial charge in [0, 0.05) is 23.9 Å². The molecule has 4 nitrogen and oxygen atoms in total. The number of benzene rings is 2. The number of nitrogen functional groups attached to an aromatic ring is 1. The Morgan fingerprint density at radius 3 is 2.62 bits per heavy atom. The highest BCUT2D eigenvalue weighted by atomic mass is 19.1. The Morgan fingerprint density at radius 1 is 1.19 bits per heavy atom. The van der Waals surface area contributed by atoms with Crippen LogP contribution in [0.2, 0.25) is 0 Å². The molecule has 2 rings (SSSR count). The molecule has 0 saturated heterocycles. The highest BCUT2D eigenvalue weighted by Gasteiger charge is 2.11. The molecule has 0 spiro atoms. The van der Waals surface area contributed by atoms with E-state index in [0.717, 1.165) is 11.4 Å². The molecule has 5 heteroatoms. The van der Waals surface area contributed by atoms with Crippen LogP contribution in [0.3, 0.4) is 0 Å². The largest absolute Gasteiger partial charge is 0.497 e. The first-order valence-electron chi connectivity index (χ1n) is 6.66. The SMILES string of the molecule is COc1cccc(Nc2cc(OC(C)C)c(F)cc2N)c1. The third-order valence-corrected chi connectivity index (χ3v) is 2.82. The van der Waals surface area contributed by atoms with Gasteiger partial charge in [-0.05, 0) is 26.0 Å². The predicted octanol–water partition coefficient (Wildman–Crippen LogP) is 3.95. The van der Waals surface area contributed by atoms with Crippen molar-refractivity contribution in [3.63, 3.8) is 0 Å². The fourth-order valence-electron chi connectivity index (χ4n) is 1.88. The summed E-state index contributed by atoms with van der Waals surface area (Å²) < 4.78 is 24.4. The van der Waals surface area contributed by atoms with Crippen molar-refractivity contribution in [2.24, 2.45) is 0 Å². The number of methoxy groups -OCH3 is 1. The van der Waals surface area contributed by atoms with Crippen molar-refractivity contribution in [1.29, 1.82) is 0 Å². The van der Waals surface area contributed by atoms with Crippen molar-refractivity contribution in [1.82, 2.24) is 0 Å². The van der Waals surface area contributed by atoms with Crippen LogP contribution in [0.25, 0.3) is 0 Å². The van der Waals surface area contributed by atoms with Gasteiger partial charge in [-0.1, -0.05) is 6.07 Å². The number of anilines is 3. The predicted molar refractivity (Wildman–Crippen MR) is 82.9 cm³/mol. The van der Waals surface area contributed by atoms with Gasteiger partial charge in [-0.2, -0.15) is 0 Å². The zero-order valence-corrected chi connectivity index (χ0v) is 12.3. The van der Waals surface area contributed by atoms with E-state index in [4.69, 9.17) is 15.2 Å². The monoisotopic (exact) mass is 290 g/mol. The number of halogens is 1. The summed E-state index contributed by atoms with van der Waals surface area (Å²) in [6.45, 7) is 3.68. The molecule has 0 atom stereocenters. The molecule has 0 aliphatic rings. The van der Waals surface area contributed by atoms with Gasteiger partial charge in [-0.15, -0.1) is 0 Å². The molecule has 0 saturated carbocycles. The van der Waals surface area contributed by atoms with Gasteiger partial charge in [-0.3, -0.25) is 0 Å². The Kier molecular flexibility index (Phi) is 4.52. The van der Waals surface area contributed by atoms with Crippen molar-refractivity contribution in [2.75, 3.05) is 18.2 Å². The van der Waals surface area contributed by atoms with E-state index in [1.807, 2.05) is 38.1 Å². The third kappa shape index (κ3) is 3.78. The number of hydrogen-bond acceptors (Lipinski definition) is 4. The van der Waals surface area contributed by atoms with Crippen LogP contribution in [0.5, 0.6) is 11.5 Å². The second kappa shape index (κ2) is 6.35. The van der Waals surface area contributed by atoms with E-state index in [-0.39, 0.29) is 11.9 Å². The van der Waals surface area contributed by atoms with Crippen LogP contribution in [0.15, 0.2) is 36.4 Å². The Hall–Kier alpha value is -2.43. The Balaban J connectivity index is 2.30. The van der Waals surface area contributed by atoms with Crippen molar-refractivity contribution in [2.45, 2.75) is 20.0 Å². The second-order valence-electron chi connectivity index (χ2n) is 4.89. The molecule has 0 heterocycles. The molecule has 2 aromatic rings. The molecular weight excluding hydrogens is 271 g/mol. The molecule has 3 N–H and O–H groups in total. The summed E-state index contributed by atoms with van der Waals surface area (Å²) >= 11 is 0. The fraction of sp³-hybridized carbons (Fsp3) is 0.250. The molecular formula is C16H19FN2O2. The maximum atomic E-state index is 13.8. The van der Waals surface area contributed by atoms with Gasteiger partial charge in [0.2, 0.25) is 0 Å². The molecule has 0 aromatic heterocycles. The number of nitrogens with two attached hydrogens (primary N) is 1. The maximum absolute atomic E-state index is 13.8. The zero-order chi connectivity index (χ0) is 15.4. The van der Waals surface area contributed by atoms with Crippen LogP contribution in [0, 0.1) is 5.82 Å². The van der Waals surface area contributed by atoms with Crippen LogP contribution in [0.4, 0.5) is 21.5 Å². The van der Waals surface area contributed by atoms with Crippen LogP contribution in [0.1, 0.15) is 13.8 Å². The van der Waals surface area contributed by atoms with E-state index in [2.05, 4.69) is 5.32 Å². The van der Waals surface area contributed by atoms with E-state index in [0.29, 0.717) is 11.4 Å². The van der Waals surface area contributed by atoms with Gasteiger partial charge in [0.1, 0.15) is 5.75 Å². The number of hydrogen-bond donors (Lipinski definition) is 2. The Morgan fingerprint density at radius 2 is 1.95 bits per heavy atom. The average Bonchev–Trinajstić information content (AvgIpc) is 2.44. The quantitative estimate of drug-likeness (QED) is 0.819. The van der Waals surface area contributed by atoms with E-state index in [1.54, 1.807) is 13.2 Å². The summed E-state index contributed by atoms with van der Waals surface area (Å²) in [7, 11) is 1.60. The smallest absolute Gasteiger partial charge is 0.167 e. The molecule has 0 unspecified atom stereocenters. The molecule has 0 aliphatic heterocycles. The standard InChI is InChI=1S/C16H19FN2O2/c1-10(2)21-16-9-15(14(18)8-13(16)17)19-11-5-4-6-12(7-11)20-3/h4-10,19H,18H2,1-3H3. The minimum Gasteiger partial charge on any atom is -0.497 e. The summed E-state index contributed by atoms with van der Waals surface area (Å²) in [5.41, 5.74) is 7.54. The van der Waals surface area contributed by atoms with Gasteiger partial charge >= 0.3 is 0 Å². The maximum Gasteiger partial charge on any atom is 0.167 e. The second-order valence-corrected chi connectivity index (χ2v) is 4.89. The molecule has 2 aromatic carbocycles. The highest BCUT2D eigenvalue weighted by molar-refractivity contribution is 5.74. The van der Waals surface area contributed by atoms with Crippen LogP contribution in [-0.4, -0.2) is 13.2 Å². The van der Waals surface area contributed by atoms with Gasteiger partial charge in [0.05, 0.1) is 24.6 Å². The minimum atomic E-state index is -0.475. The van der Waals surface area contributed by atoms with Gasteiger partial charge in [0.15, 0.2) is 11.6 Å². The number of ether oxygens (including phenoxy) is 2. The Labute approximate surface area is 123 Å². The first-order valence-corrected chi connectivity index (χ1v) is 6.66. The lowest BCUT2D eigenvalue weighted by atomic mass is 10.2. The van der Waals surface area contributed by atoms with E-state index in [1.165, 1.54) is 6.07 Å². The summed E-state index contributed by atoms with van der Waals surface area (Å²) in [5, 5.41) is 3.14. The summed E-state index contributed by atoms with van der Waals surface area (Å²) in [6.07, 6.45) is -0.118. The van der Waals surface area contributed by atoms with Gasteiger partial charge < -0.3 is 20.5 Å². The minimum absolute atomic E-state index is 0.118. The molecule has 0 aliphatic carbocycles. The normalized spacial score (nSPS) is 10.5. The molecule has 0 radical (unpaired) electrons. The fourth-order valence-corrected chi connectivity index (χ4v) is 1.88. The first-order chi connectivity index (χ1) is 9.99. The van der Waals surface area contributed by atoms with E-state index < -0.39 is 5.82 Å². The number of nitrogens with one attached hydrogen (secondary N) is 1. The van der Waals surface area contributed by atoms with Crippen LogP contribution in [-0.2, 0) is 0 Å². The topological polar surface area (TPSA) is 56.5 Å². The molecule has 0 fully saturated rings. The molecule has 0 amide bonds. The van der Waals surface area contributed by atoms with Crippen molar-refractivity contribution >= 4 is 17.1 Å². The molecule has 0 bridgehead atoms.